The molecule has 2 saturated heterocycles. The van der Waals surface area contributed by atoms with Gasteiger partial charge in [0.1, 0.15) is 11.6 Å². The predicted octanol–water partition coefficient (Wildman–Crippen LogP) is 0.00208. The Kier molecular flexibility index (Phi) is 6.41. The van der Waals surface area contributed by atoms with E-state index >= 15 is 0 Å². The fraction of sp³-hybridized carbons (Fsp3) is 0.533. The van der Waals surface area contributed by atoms with Crippen molar-refractivity contribution in [3.05, 3.63) is 11.8 Å². The van der Waals surface area contributed by atoms with Gasteiger partial charge in [0.15, 0.2) is 0 Å². The molecule has 0 aliphatic carbocycles. The molecule has 0 bridgehead atoms. The normalized spacial score (nSPS) is 19.1. The lowest BCUT2D eigenvalue weighted by Gasteiger charge is -2.29. The van der Waals surface area contributed by atoms with Gasteiger partial charge in [-0.1, -0.05) is 11.8 Å². The average molecular weight is 366 g/mol. The van der Waals surface area contributed by atoms with Gasteiger partial charge in [0.2, 0.25) is 5.91 Å². The Bertz CT molecular complexity index is 633. The highest BCUT2D eigenvalue weighted by Crippen LogP contribution is 2.19. The van der Waals surface area contributed by atoms with Crippen LogP contribution in [0.5, 0.6) is 0 Å². The molecule has 0 atom stereocenters. The van der Waals surface area contributed by atoms with Crippen LogP contribution in [0.15, 0.2) is 11.8 Å². The van der Waals surface area contributed by atoms with Gasteiger partial charge in [0.25, 0.3) is 11.1 Å². The van der Waals surface area contributed by atoms with Gasteiger partial charge in [-0.3, -0.25) is 24.1 Å². The number of thioether (sulfide) groups is 1. The molecule has 0 radical (unpaired) electrons. The molecule has 0 aromatic rings. The summed E-state index contributed by atoms with van der Waals surface area (Å²) >= 11 is 0.947. The molecular formula is C15H18N4O5S. The van der Waals surface area contributed by atoms with E-state index in [2.05, 4.69) is 5.32 Å². The first-order valence-electron chi connectivity index (χ1n) is 7.77. The van der Waals surface area contributed by atoms with Gasteiger partial charge in [-0.2, -0.15) is 5.26 Å². The summed E-state index contributed by atoms with van der Waals surface area (Å²) in [6, 6.07) is 1.82. The van der Waals surface area contributed by atoms with Crippen molar-refractivity contribution in [1.82, 2.24) is 15.1 Å². The van der Waals surface area contributed by atoms with Gasteiger partial charge in [-0.25, -0.2) is 0 Å². The van der Waals surface area contributed by atoms with Crippen molar-refractivity contribution in [2.75, 3.05) is 31.9 Å². The van der Waals surface area contributed by atoms with Crippen LogP contribution in [0.1, 0.15) is 12.8 Å². The van der Waals surface area contributed by atoms with Gasteiger partial charge in [0.05, 0.1) is 11.7 Å². The monoisotopic (exact) mass is 366 g/mol. The largest absolute Gasteiger partial charge is 0.481 e. The fourth-order valence-corrected chi connectivity index (χ4v) is 3.34. The lowest BCUT2D eigenvalue weighted by atomic mass is 9.97. The Hall–Kier alpha value is -2.54. The standard InChI is InChI=1S/C15H18N4O5S/c16-7-11(8-17-3-6-19-12(20)9-25-15(19)24)13(21)18-4-1-10(2-5-18)14(22)23/h8,10,17H,1-6,9H2,(H,22,23)/b11-8-. The number of carbonyl (C=O) groups is 4. The van der Waals surface area contributed by atoms with Gasteiger partial charge in [-0.05, 0) is 12.8 Å². The van der Waals surface area contributed by atoms with E-state index in [4.69, 9.17) is 10.4 Å². The maximum absolute atomic E-state index is 12.3. The van der Waals surface area contributed by atoms with E-state index in [0.29, 0.717) is 25.9 Å². The molecule has 9 nitrogen and oxygen atoms in total. The Morgan fingerprint density at radius 3 is 2.56 bits per heavy atom. The molecule has 3 amide bonds. The number of rotatable bonds is 6. The van der Waals surface area contributed by atoms with Crippen LogP contribution in [0.25, 0.3) is 0 Å². The van der Waals surface area contributed by atoms with Gasteiger partial charge in [0, 0.05) is 32.4 Å². The number of carbonyl (C=O) groups excluding carboxylic acids is 3. The van der Waals surface area contributed by atoms with Crippen molar-refractivity contribution in [2.24, 2.45) is 5.92 Å². The SMILES string of the molecule is N#C/C(=C/NCCN1C(=O)CSC1=O)C(=O)N1CCC(C(=O)O)CC1. The zero-order chi connectivity index (χ0) is 18.4. The Balaban J connectivity index is 1.82. The van der Waals surface area contributed by atoms with Crippen molar-refractivity contribution < 1.29 is 24.3 Å². The Morgan fingerprint density at radius 2 is 2.04 bits per heavy atom. The summed E-state index contributed by atoms with van der Waals surface area (Å²) in [5, 5.41) is 20.6. The summed E-state index contributed by atoms with van der Waals surface area (Å²) in [4.78, 5) is 48.7. The van der Waals surface area contributed by atoms with Crippen LogP contribution in [0.4, 0.5) is 4.79 Å². The lowest BCUT2D eigenvalue weighted by Crippen LogP contribution is -2.41. The van der Waals surface area contributed by atoms with Crippen LogP contribution in [-0.4, -0.2) is 69.9 Å². The number of nitriles is 1. The molecule has 10 heteroatoms. The molecule has 25 heavy (non-hydrogen) atoms. The van der Waals surface area contributed by atoms with E-state index < -0.39 is 17.8 Å². The third-order valence-corrected chi connectivity index (χ3v) is 4.91. The maximum Gasteiger partial charge on any atom is 0.306 e. The minimum Gasteiger partial charge on any atom is -0.481 e. The topological polar surface area (TPSA) is 131 Å². The molecule has 0 aromatic heterocycles. The number of piperidine rings is 1. The number of imide groups is 1. The first-order chi connectivity index (χ1) is 11.9. The van der Waals surface area contributed by atoms with Crippen LogP contribution in [0.2, 0.25) is 0 Å². The van der Waals surface area contributed by atoms with E-state index in [0.717, 1.165) is 16.7 Å². The summed E-state index contributed by atoms with van der Waals surface area (Å²) in [5.74, 6) is -1.89. The minimum atomic E-state index is -0.867. The first-order valence-corrected chi connectivity index (χ1v) is 8.75. The van der Waals surface area contributed by atoms with Gasteiger partial charge in [-0.15, -0.1) is 0 Å². The summed E-state index contributed by atoms with van der Waals surface area (Å²) in [5.41, 5.74) is -0.0952. The van der Waals surface area contributed by atoms with Crippen molar-refractivity contribution in [2.45, 2.75) is 12.8 Å². The fourth-order valence-electron chi connectivity index (χ4n) is 2.59. The number of nitrogens with one attached hydrogen (secondary N) is 1. The molecule has 0 aromatic carbocycles. The molecule has 2 aliphatic rings. The van der Waals surface area contributed by atoms with Crippen molar-refractivity contribution in [1.29, 1.82) is 5.26 Å². The van der Waals surface area contributed by atoms with Crippen LogP contribution in [-0.2, 0) is 14.4 Å². The number of carboxylic acid groups (broad SMARTS) is 1. The number of hydrogen-bond donors (Lipinski definition) is 2. The van der Waals surface area contributed by atoms with Crippen LogP contribution < -0.4 is 5.32 Å². The molecule has 2 rings (SSSR count). The highest BCUT2D eigenvalue weighted by molar-refractivity contribution is 8.14. The molecule has 0 saturated carbocycles. The minimum absolute atomic E-state index is 0.0952. The number of likely N-dealkylation sites (tertiary alicyclic amines) is 1. The molecule has 2 heterocycles. The summed E-state index contributed by atoms with van der Waals surface area (Å²) in [7, 11) is 0. The molecule has 2 N–H and O–H groups in total. The van der Waals surface area contributed by atoms with Crippen LogP contribution in [0, 0.1) is 17.2 Å². The van der Waals surface area contributed by atoms with Gasteiger partial charge < -0.3 is 15.3 Å². The number of amides is 3. The summed E-state index contributed by atoms with van der Waals surface area (Å²) in [6.45, 7) is 0.987. The second-order valence-corrected chi connectivity index (χ2v) is 6.56. The predicted molar refractivity (Wildman–Crippen MR) is 88.2 cm³/mol. The van der Waals surface area contributed by atoms with Crippen molar-refractivity contribution >= 4 is 34.8 Å². The first kappa shape index (κ1) is 18.8. The third-order valence-electron chi connectivity index (χ3n) is 4.05. The smallest absolute Gasteiger partial charge is 0.306 e. The number of aliphatic carboxylic acids is 1. The van der Waals surface area contributed by atoms with Gasteiger partial charge >= 0.3 is 5.97 Å². The van der Waals surface area contributed by atoms with Crippen molar-refractivity contribution in [3.8, 4) is 6.07 Å². The van der Waals surface area contributed by atoms with E-state index in [9.17, 15) is 19.2 Å². The highest BCUT2D eigenvalue weighted by atomic mass is 32.2. The molecule has 0 spiro atoms. The Labute approximate surface area is 148 Å². The van der Waals surface area contributed by atoms with E-state index in [-0.39, 0.29) is 35.6 Å². The number of carboxylic acids is 1. The third kappa shape index (κ3) is 4.73. The highest BCUT2D eigenvalue weighted by Gasteiger charge is 2.30. The molecule has 2 fully saturated rings. The molecule has 134 valence electrons. The second kappa shape index (κ2) is 8.53. The van der Waals surface area contributed by atoms with Crippen LogP contribution >= 0.6 is 11.8 Å². The van der Waals surface area contributed by atoms with E-state index in [1.165, 1.54) is 11.1 Å². The van der Waals surface area contributed by atoms with Crippen LogP contribution in [0.3, 0.4) is 0 Å². The zero-order valence-corrected chi connectivity index (χ0v) is 14.3. The summed E-state index contributed by atoms with van der Waals surface area (Å²) in [6.07, 6.45) is 2.00. The molecule has 0 unspecified atom stereocenters. The second-order valence-electron chi connectivity index (χ2n) is 5.63. The quantitative estimate of drug-likeness (QED) is 0.382. The number of hydrogen-bond acceptors (Lipinski definition) is 7. The lowest BCUT2D eigenvalue weighted by molar-refractivity contribution is -0.145. The average Bonchev–Trinajstić information content (AvgIpc) is 2.93. The number of nitrogens with zero attached hydrogens (tertiary/aromatic N) is 3. The Morgan fingerprint density at radius 1 is 1.36 bits per heavy atom. The maximum atomic E-state index is 12.3. The van der Waals surface area contributed by atoms with E-state index in [1.807, 2.05) is 6.07 Å². The zero-order valence-electron chi connectivity index (χ0n) is 13.4. The molecule has 2 aliphatic heterocycles. The summed E-state index contributed by atoms with van der Waals surface area (Å²) < 4.78 is 0. The van der Waals surface area contributed by atoms with Crippen molar-refractivity contribution in [3.63, 3.8) is 0 Å². The van der Waals surface area contributed by atoms with E-state index in [1.54, 1.807) is 0 Å². The molecular weight excluding hydrogens is 348 g/mol.